The Morgan fingerprint density at radius 3 is 2.48 bits per heavy atom. The van der Waals surface area contributed by atoms with Crippen molar-refractivity contribution in [3.63, 3.8) is 0 Å². The van der Waals surface area contributed by atoms with Gasteiger partial charge in [0.15, 0.2) is 11.2 Å². The predicted octanol–water partition coefficient (Wildman–Crippen LogP) is 2.71. The molecule has 4 rings (SSSR count). The largest absolute Gasteiger partial charge is 0.332 e. The van der Waals surface area contributed by atoms with Crippen LogP contribution < -0.4 is 16.6 Å². The molecule has 4 aromatic rings. The summed E-state index contributed by atoms with van der Waals surface area (Å²) in [6.45, 7) is 4.19. The zero-order valence-electron chi connectivity index (χ0n) is 17.8. The van der Waals surface area contributed by atoms with Gasteiger partial charge in [0.25, 0.3) is 5.56 Å². The van der Waals surface area contributed by atoms with Gasteiger partial charge in [-0.2, -0.15) is 10.2 Å². The smallest absolute Gasteiger partial charge is 0.324 e. The lowest BCUT2D eigenvalue weighted by molar-refractivity contribution is 0.654. The van der Waals surface area contributed by atoms with Gasteiger partial charge < -0.3 is 9.88 Å². The molecule has 0 spiro atoms. The van der Waals surface area contributed by atoms with Crippen molar-refractivity contribution >= 4 is 22.8 Å². The standard InChI is InChI=1S/C23H22N6O2/c1-14-9-10-16(11-15(14)2)13-29-21(30)19-20(28(4)23(29)31)26-22(27(19)3)25-18-8-6-5-7-17(18)12-24/h5-11H,13H2,1-4H3,(H,25,26). The lowest BCUT2D eigenvalue weighted by atomic mass is 10.1. The van der Waals surface area contributed by atoms with E-state index in [-0.39, 0.29) is 12.2 Å². The van der Waals surface area contributed by atoms with Gasteiger partial charge >= 0.3 is 5.69 Å². The van der Waals surface area contributed by atoms with E-state index in [1.54, 1.807) is 42.9 Å². The molecule has 2 aromatic heterocycles. The molecule has 0 aliphatic rings. The summed E-state index contributed by atoms with van der Waals surface area (Å²) in [4.78, 5) is 30.7. The number of nitriles is 1. The fraction of sp³-hybridized carbons (Fsp3) is 0.217. The third-order valence-electron chi connectivity index (χ3n) is 5.57. The van der Waals surface area contributed by atoms with Crippen LogP contribution in [-0.4, -0.2) is 18.7 Å². The zero-order valence-corrected chi connectivity index (χ0v) is 17.8. The van der Waals surface area contributed by atoms with Gasteiger partial charge in [-0.1, -0.05) is 30.3 Å². The Labute approximate surface area is 178 Å². The number of hydrogen-bond acceptors (Lipinski definition) is 5. The SMILES string of the molecule is Cc1ccc(Cn2c(=O)c3c(nc(Nc4ccccc4C#N)n3C)n(C)c2=O)cc1C. The normalized spacial score (nSPS) is 10.9. The van der Waals surface area contributed by atoms with E-state index in [2.05, 4.69) is 16.4 Å². The Morgan fingerprint density at radius 1 is 1.03 bits per heavy atom. The molecule has 1 N–H and O–H groups in total. The van der Waals surface area contributed by atoms with Crippen molar-refractivity contribution in [2.45, 2.75) is 20.4 Å². The number of nitrogens with zero attached hydrogens (tertiary/aromatic N) is 5. The maximum absolute atomic E-state index is 13.3. The third-order valence-corrected chi connectivity index (χ3v) is 5.57. The summed E-state index contributed by atoms with van der Waals surface area (Å²) >= 11 is 0. The van der Waals surface area contributed by atoms with Crippen LogP contribution in [0.15, 0.2) is 52.1 Å². The lowest BCUT2D eigenvalue weighted by Gasteiger charge is -2.10. The monoisotopic (exact) mass is 414 g/mol. The molecule has 0 radical (unpaired) electrons. The minimum atomic E-state index is -0.433. The fourth-order valence-electron chi connectivity index (χ4n) is 3.59. The molecule has 0 aliphatic heterocycles. The second-order valence-corrected chi connectivity index (χ2v) is 7.60. The average molecular weight is 414 g/mol. The minimum Gasteiger partial charge on any atom is -0.324 e. The summed E-state index contributed by atoms with van der Waals surface area (Å²) in [5.74, 6) is 0.369. The van der Waals surface area contributed by atoms with Gasteiger partial charge in [0, 0.05) is 14.1 Å². The Morgan fingerprint density at radius 2 is 1.77 bits per heavy atom. The number of para-hydroxylation sites is 1. The molecule has 0 bridgehead atoms. The van der Waals surface area contributed by atoms with Crippen LogP contribution in [0.1, 0.15) is 22.3 Å². The number of aromatic nitrogens is 4. The highest BCUT2D eigenvalue weighted by molar-refractivity contribution is 5.76. The quantitative estimate of drug-likeness (QED) is 0.554. The van der Waals surface area contributed by atoms with E-state index in [0.717, 1.165) is 16.7 Å². The summed E-state index contributed by atoms with van der Waals surface area (Å²) in [5, 5.41) is 12.4. The van der Waals surface area contributed by atoms with E-state index < -0.39 is 11.2 Å². The highest BCUT2D eigenvalue weighted by Gasteiger charge is 2.19. The number of imidazole rings is 1. The molecule has 0 aliphatic carbocycles. The van der Waals surface area contributed by atoms with Crippen LogP contribution in [0.3, 0.4) is 0 Å². The van der Waals surface area contributed by atoms with Crippen molar-refractivity contribution in [1.29, 1.82) is 5.26 Å². The maximum Gasteiger partial charge on any atom is 0.332 e. The molecular formula is C23H22N6O2. The molecule has 0 amide bonds. The lowest BCUT2D eigenvalue weighted by Crippen LogP contribution is -2.39. The van der Waals surface area contributed by atoms with Gasteiger partial charge in [0.2, 0.25) is 5.95 Å². The summed E-state index contributed by atoms with van der Waals surface area (Å²) in [6, 6.07) is 15.0. The molecule has 2 aromatic carbocycles. The third kappa shape index (κ3) is 3.40. The van der Waals surface area contributed by atoms with Crippen LogP contribution in [0.4, 0.5) is 11.6 Å². The first kappa shape index (κ1) is 20.2. The summed E-state index contributed by atoms with van der Waals surface area (Å²) < 4.78 is 4.21. The predicted molar refractivity (Wildman–Crippen MR) is 120 cm³/mol. The van der Waals surface area contributed by atoms with E-state index >= 15 is 0 Å². The highest BCUT2D eigenvalue weighted by atomic mass is 16.2. The van der Waals surface area contributed by atoms with Gasteiger partial charge in [0.05, 0.1) is 17.8 Å². The summed E-state index contributed by atoms with van der Waals surface area (Å²) in [7, 11) is 3.31. The minimum absolute atomic E-state index is 0.174. The molecule has 0 atom stereocenters. The van der Waals surface area contributed by atoms with Crippen molar-refractivity contribution in [3.05, 3.63) is 85.6 Å². The van der Waals surface area contributed by atoms with Gasteiger partial charge in [-0.3, -0.25) is 13.9 Å². The van der Waals surface area contributed by atoms with E-state index in [0.29, 0.717) is 22.7 Å². The highest BCUT2D eigenvalue weighted by Crippen LogP contribution is 2.21. The molecule has 0 saturated heterocycles. The molecule has 0 unspecified atom stereocenters. The Hall–Kier alpha value is -4.12. The Bertz CT molecular complexity index is 1480. The van der Waals surface area contributed by atoms with Crippen molar-refractivity contribution in [1.82, 2.24) is 18.7 Å². The summed E-state index contributed by atoms with van der Waals surface area (Å²) in [5.41, 5.74) is 3.91. The number of anilines is 2. The Kier molecular flexibility index (Phi) is 4.95. The molecule has 156 valence electrons. The van der Waals surface area contributed by atoms with E-state index in [1.807, 2.05) is 32.0 Å². The topological polar surface area (TPSA) is 97.6 Å². The van der Waals surface area contributed by atoms with Crippen LogP contribution in [0.2, 0.25) is 0 Å². The molecular weight excluding hydrogens is 392 g/mol. The van der Waals surface area contributed by atoms with Gasteiger partial charge in [-0.25, -0.2) is 4.79 Å². The number of hydrogen-bond donors (Lipinski definition) is 1. The van der Waals surface area contributed by atoms with Gasteiger partial charge in [-0.05, 0) is 42.7 Å². The van der Waals surface area contributed by atoms with Gasteiger partial charge in [0.1, 0.15) is 6.07 Å². The second kappa shape index (κ2) is 7.61. The number of fused-ring (bicyclic) bond motifs is 1. The molecule has 31 heavy (non-hydrogen) atoms. The van der Waals surface area contributed by atoms with Crippen molar-refractivity contribution in [2.24, 2.45) is 14.1 Å². The Balaban J connectivity index is 1.85. The number of rotatable bonds is 4. The number of benzene rings is 2. The van der Waals surface area contributed by atoms with E-state index in [1.165, 1.54) is 9.13 Å². The van der Waals surface area contributed by atoms with Crippen LogP contribution in [0.5, 0.6) is 0 Å². The maximum atomic E-state index is 13.3. The van der Waals surface area contributed by atoms with Gasteiger partial charge in [-0.15, -0.1) is 0 Å². The van der Waals surface area contributed by atoms with Crippen molar-refractivity contribution in [3.8, 4) is 6.07 Å². The zero-order chi connectivity index (χ0) is 22.3. The first-order chi connectivity index (χ1) is 14.8. The first-order valence-electron chi connectivity index (χ1n) is 9.80. The van der Waals surface area contributed by atoms with Crippen molar-refractivity contribution < 1.29 is 0 Å². The second-order valence-electron chi connectivity index (χ2n) is 7.60. The number of nitrogens with one attached hydrogen (secondary N) is 1. The van der Waals surface area contributed by atoms with E-state index in [4.69, 9.17) is 0 Å². The van der Waals surface area contributed by atoms with Crippen LogP contribution in [0, 0.1) is 25.2 Å². The van der Waals surface area contributed by atoms with Crippen LogP contribution >= 0.6 is 0 Å². The van der Waals surface area contributed by atoms with Crippen molar-refractivity contribution in [2.75, 3.05) is 5.32 Å². The molecule has 2 heterocycles. The van der Waals surface area contributed by atoms with Crippen LogP contribution in [-0.2, 0) is 20.6 Å². The molecule has 8 nitrogen and oxygen atoms in total. The fourth-order valence-corrected chi connectivity index (χ4v) is 3.59. The number of aryl methyl sites for hydroxylation is 4. The van der Waals surface area contributed by atoms with Crippen LogP contribution in [0.25, 0.3) is 11.2 Å². The molecule has 0 fully saturated rings. The summed E-state index contributed by atoms with van der Waals surface area (Å²) in [6.07, 6.45) is 0. The first-order valence-corrected chi connectivity index (χ1v) is 9.80. The molecule has 8 heteroatoms. The molecule has 0 saturated carbocycles. The van der Waals surface area contributed by atoms with E-state index in [9.17, 15) is 14.9 Å². The average Bonchev–Trinajstić information content (AvgIpc) is 3.09.